The molecular weight excluding hydrogens is 188 g/mol. The molecule has 0 radical (unpaired) electrons. The molecule has 1 fully saturated rings. The molecule has 5 heteroatoms. The van der Waals surface area contributed by atoms with Crippen LogP contribution >= 0.6 is 0 Å². The number of sulfonamides is 1. The van der Waals surface area contributed by atoms with Crippen molar-refractivity contribution in [2.24, 2.45) is 0 Å². The summed E-state index contributed by atoms with van der Waals surface area (Å²) in [6, 6.07) is 0.143. The summed E-state index contributed by atoms with van der Waals surface area (Å²) in [5, 5.41) is 3.06. The molecule has 1 rings (SSSR count). The molecule has 13 heavy (non-hydrogen) atoms. The number of likely N-dealkylation sites (N-methyl/N-ethyl adjacent to an activating group) is 1. The maximum absolute atomic E-state index is 11.9. The second-order valence-electron chi connectivity index (χ2n) is 4.45. The second-order valence-corrected chi connectivity index (χ2v) is 7.20. The topological polar surface area (TPSA) is 49.4 Å². The van der Waals surface area contributed by atoms with Gasteiger partial charge in [0.25, 0.3) is 0 Å². The third-order valence-electron chi connectivity index (χ3n) is 2.43. The van der Waals surface area contributed by atoms with Crippen LogP contribution in [-0.2, 0) is 10.0 Å². The van der Waals surface area contributed by atoms with Crippen molar-refractivity contribution in [3.05, 3.63) is 0 Å². The summed E-state index contributed by atoms with van der Waals surface area (Å²) < 4.78 is 24.6. The fourth-order valence-corrected chi connectivity index (χ4v) is 2.56. The van der Waals surface area contributed by atoms with Crippen molar-refractivity contribution in [1.82, 2.24) is 9.62 Å². The van der Waals surface area contributed by atoms with E-state index in [0.29, 0.717) is 0 Å². The molecule has 0 bridgehead atoms. The third kappa shape index (κ3) is 1.87. The summed E-state index contributed by atoms with van der Waals surface area (Å²) >= 11 is 0. The summed E-state index contributed by atoms with van der Waals surface area (Å²) in [7, 11) is -1.48. The van der Waals surface area contributed by atoms with Crippen LogP contribution in [0.3, 0.4) is 0 Å². The Kier molecular flexibility index (Phi) is 2.71. The molecule has 0 aliphatic carbocycles. The first-order chi connectivity index (χ1) is 5.77. The third-order valence-corrected chi connectivity index (χ3v) is 5.03. The number of rotatable bonds is 2. The van der Waals surface area contributed by atoms with E-state index >= 15 is 0 Å². The van der Waals surface area contributed by atoms with Crippen molar-refractivity contribution >= 4 is 10.0 Å². The lowest BCUT2D eigenvalue weighted by molar-refractivity contribution is 0.269. The van der Waals surface area contributed by atoms with Gasteiger partial charge in [0.15, 0.2) is 0 Å². The molecule has 0 amide bonds. The van der Waals surface area contributed by atoms with E-state index in [2.05, 4.69) is 5.32 Å². The molecule has 0 saturated carbocycles. The van der Waals surface area contributed by atoms with Crippen LogP contribution in [0, 0.1) is 0 Å². The lowest BCUT2D eigenvalue weighted by Gasteiger charge is -2.38. The quantitative estimate of drug-likeness (QED) is 0.693. The molecule has 4 nitrogen and oxygen atoms in total. The Morgan fingerprint density at radius 2 is 1.77 bits per heavy atom. The Morgan fingerprint density at radius 3 is 2.00 bits per heavy atom. The summed E-state index contributed by atoms with van der Waals surface area (Å²) in [6.07, 6.45) is 0. The molecule has 0 aromatic carbocycles. The van der Waals surface area contributed by atoms with Crippen LogP contribution in [0.5, 0.6) is 0 Å². The maximum atomic E-state index is 11.9. The van der Waals surface area contributed by atoms with Crippen molar-refractivity contribution in [2.45, 2.75) is 31.6 Å². The van der Waals surface area contributed by atoms with E-state index in [1.54, 1.807) is 27.8 Å². The normalized spacial score (nSPS) is 20.4. The van der Waals surface area contributed by atoms with Crippen LogP contribution in [0.25, 0.3) is 0 Å². The van der Waals surface area contributed by atoms with Gasteiger partial charge in [0.05, 0.1) is 4.75 Å². The van der Waals surface area contributed by atoms with Gasteiger partial charge in [-0.05, 0) is 20.8 Å². The molecule has 1 heterocycles. The summed E-state index contributed by atoms with van der Waals surface area (Å²) in [4.78, 5) is 0. The molecule has 78 valence electrons. The van der Waals surface area contributed by atoms with Crippen LogP contribution < -0.4 is 5.32 Å². The molecule has 1 aliphatic rings. The standard InChI is InChI=1S/C8H18N2O2S/c1-8(2,3)13(11,12)10(4)7-5-9-6-7/h7,9H,5-6H2,1-4H3. The fourth-order valence-electron chi connectivity index (χ4n) is 1.16. The zero-order chi connectivity index (χ0) is 10.3. The van der Waals surface area contributed by atoms with E-state index in [0.717, 1.165) is 13.1 Å². The predicted molar refractivity (Wildman–Crippen MR) is 53.1 cm³/mol. The van der Waals surface area contributed by atoms with Crippen molar-refractivity contribution < 1.29 is 8.42 Å². The van der Waals surface area contributed by atoms with Crippen LogP contribution in [0.4, 0.5) is 0 Å². The number of nitrogens with zero attached hydrogens (tertiary/aromatic N) is 1. The average Bonchev–Trinajstić information content (AvgIpc) is 1.80. The van der Waals surface area contributed by atoms with E-state index in [1.165, 1.54) is 4.31 Å². The summed E-state index contributed by atoms with van der Waals surface area (Å²) in [6.45, 7) is 6.72. The van der Waals surface area contributed by atoms with E-state index in [9.17, 15) is 8.42 Å². The first kappa shape index (κ1) is 10.9. The highest BCUT2D eigenvalue weighted by molar-refractivity contribution is 7.90. The molecular formula is C8H18N2O2S. The minimum Gasteiger partial charge on any atom is -0.313 e. The van der Waals surface area contributed by atoms with Crippen molar-refractivity contribution in [3.8, 4) is 0 Å². The second kappa shape index (κ2) is 3.22. The van der Waals surface area contributed by atoms with E-state index in [1.807, 2.05) is 0 Å². The molecule has 1 aliphatic heterocycles. The number of hydrogen-bond acceptors (Lipinski definition) is 3. The SMILES string of the molecule is CN(C1CNC1)S(=O)(=O)C(C)(C)C. The van der Waals surface area contributed by atoms with E-state index in [4.69, 9.17) is 0 Å². The van der Waals surface area contributed by atoms with Crippen LogP contribution in [0.15, 0.2) is 0 Å². The molecule has 0 aromatic rings. The first-order valence-electron chi connectivity index (χ1n) is 4.45. The van der Waals surface area contributed by atoms with Gasteiger partial charge in [-0.3, -0.25) is 0 Å². The molecule has 1 N–H and O–H groups in total. The Balaban J connectivity index is 2.80. The Morgan fingerprint density at radius 1 is 1.31 bits per heavy atom. The Bertz CT molecular complexity index is 275. The molecule has 1 saturated heterocycles. The summed E-state index contributed by atoms with van der Waals surface area (Å²) in [5.74, 6) is 0. The number of hydrogen-bond donors (Lipinski definition) is 1. The fraction of sp³-hybridized carbons (Fsp3) is 1.00. The lowest BCUT2D eigenvalue weighted by atomic mass is 10.2. The highest BCUT2D eigenvalue weighted by Gasteiger charge is 2.38. The van der Waals surface area contributed by atoms with Gasteiger partial charge in [-0.25, -0.2) is 8.42 Å². The number of nitrogens with one attached hydrogen (secondary N) is 1. The Hall–Kier alpha value is -0.130. The minimum absolute atomic E-state index is 0.143. The zero-order valence-electron chi connectivity index (χ0n) is 8.66. The van der Waals surface area contributed by atoms with Crippen LogP contribution in [0.1, 0.15) is 20.8 Å². The average molecular weight is 206 g/mol. The predicted octanol–water partition coefficient (Wildman–Crippen LogP) is 0.0183. The summed E-state index contributed by atoms with van der Waals surface area (Å²) in [5.41, 5.74) is 0. The molecule has 0 spiro atoms. The zero-order valence-corrected chi connectivity index (χ0v) is 9.48. The largest absolute Gasteiger partial charge is 0.313 e. The van der Waals surface area contributed by atoms with Crippen LogP contribution in [-0.4, -0.2) is 43.6 Å². The van der Waals surface area contributed by atoms with Gasteiger partial charge >= 0.3 is 0 Å². The minimum atomic E-state index is -3.14. The molecule has 0 atom stereocenters. The van der Waals surface area contributed by atoms with E-state index in [-0.39, 0.29) is 6.04 Å². The first-order valence-corrected chi connectivity index (χ1v) is 5.89. The smallest absolute Gasteiger partial charge is 0.219 e. The van der Waals surface area contributed by atoms with Gasteiger partial charge in [0.2, 0.25) is 10.0 Å². The van der Waals surface area contributed by atoms with Gasteiger partial charge in [-0.15, -0.1) is 0 Å². The van der Waals surface area contributed by atoms with Gasteiger partial charge in [-0.2, -0.15) is 4.31 Å². The van der Waals surface area contributed by atoms with Gasteiger partial charge in [-0.1, -0.05) is 0 Å². The van der Waals surface area contributed by atoms with Crippen LogP contribution in [0.2, 0.25) is 0 Å². The van der Waals surface area contributed by atoms with Crippen molar-refractivity contribution in [3.63, 3.8) is 0 Å². The Labute approximate surface area is 80.4 Å². The molecule has 0 aromatic heterocycles. The van der Waals surface area contributed by atoms with Gasteiger partial charge in [0.1, 0.15) is 0 Å². The molecule has 0 unspecified atom stereocenters. The van der Waals surface area contributed by atoms with Gasteiger partial charge < -0.3 is 5.32 Å². The highest BCUT2D eigenvalue weighted by atomic mass is 32.2. The van der Waals surface area contributed by atoms with Crippen molar-refractivity contribution in [1.29, 1.82) is 0 Å². The monoisotopic (exact) mass is 206 g/mol. The maximum Gasteiger partial charge on any atom is 0.219 e. The lowest BCUT2D eigenvalue weighted by Crippen LogP contribution is -2.59. The highest BCUT2D eigenvalue weighted by Crippen LogP contribution is 2.21. The van der Waals surface area contributed by atoms with E-state index < -0.39 is 14.8 Å². The van der Waals surface area contributed by atoms with Crippen molar-refractivity contribution in [2.75, 3.05) is 20.1 Å². The van der Waals surface area contributed by atoms with Gasteiger partial charge in [0, 0.05) is 26.2 Å².